The normalized spacial score (nSPS) is 23.9. The van der Waals surface area contributed by atoms with Gasteiger partial charge in [0.2, 0.25) is 5.91 Å². The SMILES string of the molecule is CN1CCN(C(=O)C2(NC(=O)O)CCCC2)CC1. The molecule has 0 atom stereocenters. The smallest absolute Gasteiger partial charge is 0.405 e. The van der Waals surface area contributed by atoms with Crippen LogP contribution in [-0.2, 0) is 4.79 Å². The molecule has 0 unspecified atom stereocenters. The van der Waals surface area contributed by atoms with Gasteiger partial charge >= 0.3 is 6.09 Å². The number of amides is 2. The van der Waals surface area contributed by atoms with Gasteiger partial charge in [0.1, 0.15) is 5.54 Å². The van der Waals surface area contributed by atoms with E-state index in [0.29, 0.717) is 25.9 Å². The summed E-state index contributed by atoms with van der Waals surface area (Å²) >= 11 is 0. The van der Waals surface area contributed by atoms with E-state index in [1.54, 1.807) is 4.90 Å². The third-order valence-corrected chi connectivity index (χ3v) is 4.00. The first-order valence-corrected chi connectivity index (χ1v) is 6.52. The molecular weight excluding hydrogens is 234 g/mol. The molecule has 0 spiro atoms. The van der Waals surface area contributed by atoms with Crippen molar-refractivity contribution < 1.29 is 14.7 Å². The quantitative estimate of drug-likeness (QED) is 0.746. The Bertz CT molecular complexity index is 331. The molecule has 6 nitrogen and oxygen atoms in total. The van der Waals surface area contributed by atoms with Crippen LogP contribution in [-0.4, -0.2) is 65.7 Å². The molecule has 0 bridgehead atoms. The Kier molecular flexibility index (Phi) is 3.75. The van der Waals surface area contributed by atoms with Crippen LogP contribution < -0.4 is 5.32 Å². The van der Waals surface area contributed by atoms with Gasteiger partial charge in [-0.05, 0) is 19.9 Å². The topological polar surface area (TPSA) is 72.9 Å². The lowest BCUT2D eigenvalue weighted by atomic mass is 9.95. The summed E-state index contributed by atoms with van der Waals surface area (Å²) in [4.78, 5) is 27.4. The summed E-state index contributed by atoms with van der Waals surface area (Å²) in [6.07, 6.45) is 1.99. The third-order valence-electron chi connectivity index (χ3n) is 4.00. The second kappa shape index (κ2) is 5.14. The van der Waals surface area contributed by atoms with Gasteiger partial charge in [-0.2, -0.15) is 0 Å². The Labute approximate surface area is 107 Å². The molecule has 1 saturated heterocycles. The Morgan fingerprint density at radius 2 is 1.67 bits per heavy atom. The lowest BCUT2D eigenvalue weighted by molar-refractivity contribution is -0.139. The molecule has 2 aliphatic rings. The lowest BCUT2D eigenvalue weighted by Crippen LogP contribution is -2.60. The van der Waals surface area contributed by atoms with Crippen molar-refractivity contribution >= 4 is 12.0 Å². The lowest BCUT2D eigenvalue weighted by Gasteiger charge is -2.38. The number of carbonyl (C=O) groups is 2. The number of nitrogens with one attached hydrogen (secondary N) is 1. The molecule has 1 aliphatic heterocycles. The summed E-state index contributed by atoms with van der Waals surface area (Å²) < 4.78 is 0. The zero-order valence-corrected chi connectivity index (χ0v) is 10.8. The van der Waals surface area contributed by atoms with Crippen molar-refractivity contribution in [3.63, 3.8) is 0 Å². The van der Waals surface area contributed by atoms with E-state index < -0.39 is 11.6 Å². The summed E-state index contributed by atoms with van der Waals surface area (Å²) in [5.74, 6) is -0.0319. The highest BCUT2D eigenvalue weighted by molar-refractivity contribution is 5.90. The number of likely N-dealkylation sites (N-methyl/N-ethyl adjacent to an activating group) is 1. The van der Waals surface area contributed by atoms with Gasteiger partial charge in [-0.3, -0.25) is 4.79 Å². The van der Waals surface area contributed by atoms with Gasteiger partial charge in [0.25, 0.3) is 0 Å². The molecule has 0 aromatic rings. The van der Waals surface area contributed by atoms with E-state index >= 15 is 0 Å². The van der Waals surface area contributed by atoms with Gasteiger partial charge in [-0.1, -0.05) is 12.8 Å². The van der Waals surface area contributed by atoms with Crippen LogP contribution >= 0.6 is 0 Å². The number of hydrogen-bond acceptors (Lipinski definition) is 3. The molecular formula is C12H21N3O3. The maximum absolute atomic E-state index is 12.5. The highest BCUT2D eigenvalue weighted by atomic mass is 16.4. The standard InChI is InChI=1S/C12H21N3O3/c1-14-6-8-15(9-7-14)10(16)12(13-11(17)18)4-2-3-5-12/h13H,2-9H2,1H3,(H,17,18). The van der Waals surface area contributed by atoms with Crippen molar-refractivity contribution in [1.29, 1.82) is 0 Å². The molecule has 0 aromatic carbocycles. The number of piperazine rings is 1. The van der Waals surface area contributed by atoms with Crippen LogP contribution in [0.4, 0.5) is 4.79 Å². The van der Waals surface area contributed by atoms with E-state index in [-0.39, 0.29) is 5.91 Å². The zero-order valence-electron chi connectivity index (χ0n) is 10.8. The number of carboxylic acid groups (broad SMARTS) is 1. The van der Waals surface area contributed by atoms with Gasteiger partial charge in [0.15, 0.2) is 0 Å². The van der Waals surface area contributed by atoms with Crippen molar-refractivity contribution in [2.45, 2.75) is 31.2 Å². The summed E-state index contributed by atoms with van der Waals surface area (Å²) in [5.41, 5.74) is -0.859. The van der Waals surface area contributed by atoms with Gasteiger partial charge in [-0.15, -0.1) is 0 Å². The van der Waals surface area contributed by atoms with Crippen molar-refractivity contribution in [2.24, 2.45) is 0 Å². The fraction of sp³-hybridized carbons (Fsp3) is 0.833. The summed E-state index contributed by atoms with van der Waals surface area (Å²) in [5, 5.41) is 11.4. The average molecular weight is 255 g/mol. The van der Waals surface area contributed by atoms with Crippen LogP contribution in [0.2, 0.25) is 0 Å². The number of carbonyl (C=O) groups excluding carboxylic acids is 1. The highest BCUT2D eigenvalue weighted by Crippen LogP contribution is 2.31. The van der Waals surface area contributed by atoms with Crippen molar-refractivity contribution in [1.82, 2.24) is 15.1 Å². The van der Waals surface area contributed by atoms with Crippen molar-refractivity contribution in [2.75, 3.05) is 33.2 Å². The fourth-order valence-electron chi connectivity index (χ4n) is 2.89. The maximum atomic E-state index is 12.5. The van der Waals surface area contributed by atoms with E-state index in [1.165, 1.54) is 0 Å². The zero-order chi connectivity index (χ0) is 13.2. The molecule has 18 heavy (non-hydrogen) atoms. The number of nitrogens with zero attached hydrogens (tertiary/aromatic N) is 2. The first kappa shape index (κ1) is 13.1. The molecule has 1 heterocycles. The van der Waals surface area contributed by atoms with Gasteiger partial charge in [0, 0.05) is 26.2 Å². The highest BCUT2D eigenvalue weighted by Gasteiger charge is 2.45. The van der Waals surface area contributed by atoms with E-state index in [1.807, 2.05) is 7.05 Å². The van der Waals surface area contributed by atoms with E-state index in [0.717, 1.165) is 25.9 Å². The fourth-order valence-corrected chi connectivity index (χ4v) is 2.89. The maximum Gasteiger partial charge on any atom is 0.405 e. The minimum Gasteiger partial charge on any atom is -0.465 e. The predicted octanol–water partition coefficient (Wildman–Crippen LogP) is 0.341. The van der Waals surface area contributed by atoms with Crippen LogP contribution in [0.15, 0.2) is 0 Å². The van der Waals surface area contributed by atoms with Gasteiger partial charge < -0.3 is 20.2 Å². The number of hydrogen-bond donors (Lipinski definition) is 2. The molecule has 1 aliphatic carbocycles. The molecule has 2 fully saturated rings. The predicted molar refractivity (Wildman–Crippen MR) is 66.4 cm³/mol. The first-order chi connectivity index (χ1) is 8.53. The van der Waals surface area contributed by atoms with Crippen LogP contribution in [0.25, 0.3) is 0 Å². The Morgan fingerprint density at radius 3 is 2.17 bits per heavy atom. The Morgan fingerprint density at radius 1 is 1.11 bits per heavy atom. The summed E-state index contributed by atoms with van der Waals surface area (Å²) in [6, 6.07) is 0. The van der Waals surface area contributed by atoms with E-state index in [2.05, 4.69) is 10.2 Å². The molecule has 6 heteroatoms. The molecule has 2 amide bonds. The largest absolute Gasteiger partial charge is 0.465 e. The second-order valence-electron chi connectivity index (χ2n) is 5.31. The molecule has 102 valence electrons. The van der Waals surface area contributed by atoms with Crippen molar-refractivity contribution in [3.05, 3.63) is 0 Å². The Balaban J connectivity index is 2.06. The van der Waals surface area contributed by atoms with E-state index in [9.17, 15) is 9.59 Å². The monoisotopic (exact) mass is 255 g/mol. The van der Waals surface area contributed by atoms with Gasteiger partial charge in [-0.25, -0.2) is 4.79 Å². The van der Waals surface area contributed by atoms with E-state index in [4.69, 9.17) is 5.11 Å². The van der Waals surface area contributed by atoms with Crippen molar-refractivity contribution in [3.8, 4) is 0 Å². The summed E-state index contributed by atoms with van der Waals surface area (Å²) in [6.45, 7) is 3.10. The third kappa shape index (κ3) is 2.58. The molecule has 2 rings (SSSR count). The van der Waals surface area contributed by atoms with Crippen LogP contribution in [0.3, 0.4) is 0 Å². The minimum atomic E-state index is -1.10. The number of rotatable bonds is 2. The molecule has 1 saturated carbocycles. The molecule has 0 radical (unpaired) electrons. The average Bonchev–Trinajstić information content (AvgIpc) is 2.78. The minimum absolute atomic E-state index is 0.0319. The van der Waals surface area contributed by atoms with Crippen LogP contribution in [0.1, 0.15) is 25.7 Å². The molecule has 0 aromatic heterocycles. The molecule has 2 N–H and O–H groups in total. The van der Waals surface area contributed by atoms with Crippen LogP contribution in [0.5, 0.6) is 0 Å². The summed E-state index contributed by atoms with van der Waals surface area (Å²) in [7, 11) is 2.03. The second-order valence-corrected chi connectivity index (χ2v) is 5.31. The van der Waals surface area contributed by atoms with Crippen LogP contribution in [0, 0.1) is 0 Å². The van der Waals surface area contributed by atoms with Gasteiger partial charge in [0.05, 0.1) is 0 Å². The Hall–Kier alpha value is -1.30. The first-order valence-electron chi connectivity index (χ1n) is 6.52.